The van der Waals surface area contributed by atoms with Crippen molar-refractivity contribution in [2.45, 2.75) is 29.4 Å². The number of rotatable bonds is 3. The Morgan fingerprint density at radius 1 is 1.14 bits per heavy atom. The van der Waals surface area contributed by atoms with Crippen LogP contribution in [0.25, 0.3) is 11.4 Å². The van der Waals surface area contributed by atoms with Crippen molar-refractivity contribution in [1.29, 1.82) is 0 Å². The maximum absolute atomic E-state index is 12.6. The summed E-state index contributed by atoms with van der Waals surface area (Å²) in [5.41, 5.74) is 2.12. The normalized spacial score (nSPS) is 15.2. The van der Waals surface area contributed by atoms with Crippen molar-refractivity contribution in [3.8, 4) is 11.4 Å². The molecule has 0 atom stereocenters. The monoisotopic (exact) mass is 404 g/mol. The highest BCUT2D eigenvalue weighted by Gasteiger charge is 2.30. The molecule has 1 aliphatic rings. The Kier molecular flexibility index (Phi) is 3.90. The number of benzene rings is 1. The van der Waals surface area contributed by atoms with E-state index in [0.29, 0.717) is 17.3 Å². The first-order valence-corrected chi connectivity index (χ1v) is 8.11. The largest absolute Gasteiger partial charge is 0.416 e. The quantitative estimate of drug-likeness (QED) is 0.533. The summed E-state index contributed by atoms with van der Waals surface area (Å²) in [4.78, 5) is 8.83. The third-order valence-corrected chi connectivity index (χ3v) is 4.24. The predicted octanol–water partition coefficient (Wildman–Crippen LogP) is 4.97. The van der Waals surface area contributed by atoms with Crippen LogP contribution in [0.1, 0.15) is 35.6 Å². The number of nitrogens with zero attached hydrogens (tertiary/aromatic N) is 2. The number of hydrogen-bond acceptors (Lipinski definition) is 2. The maximum atomic E-state index is 12.6. The summed E-state index contributed by atoms with van der Waals surface area (Å²) in [6.45, 7) is 0. The molecule has 110 valence electrons. The molecule has 0 spiro atoms. The van der Waals surface area contributed by atoms with Gasteiger partial charge in [0.1, 0.15) is 0 Å². The zero-order valence-corrected chi connectivity index (χ0v) is 13.1. The fraction of sp³-hybridized carbons (Fsp3) is 0.333. The van der Waals surface area contributed by atoms with E-state index in [-0.39, 0.29) is 0 Å². The molecule has 3 rings (SSSR count). The van der Waals surface area contributed by atoms with Gasteiger partial charge in [0.25, 0.3) is 0 Å². The van der Waals surface area contributed by atoms with E-state index in [1.165, 1.54) is 30.5 Å². The van der Waals surface area contributed by atoms with Gasteiger partial charge in [-0.05, 0) is 36.5 Å². The average molecular weight is 404 g/mol. The molecule has 2 nitrogen and oxygen atoms in total. The van der Waals surface area contributed by atoms with Crippen molar-refractivity contribution in [2.24, 2.45) is 0 Å². The summed E-state index contributed by atoms with van der Waals surface area (Å²) in [6.07, 6.45) is -0.145. The van der Waals surface area contributed by atoms with Crippen molar-refractivity contribution in [1.82, 2.24) is 9.97 Å². The molecule has 0 N–H and O–H groups in total. The van der Waals surface area contributed by atoms with E-state index in [0.717, 1.165) is 22.3 Å². The van der Waals surface area contributed by atoms with Gasteiger partial charge in [-0.15, -0.1) is 0 Å². The summed E-state index contributed by atoms with van der Waals surface area (Å²) >= 11 is 2.25. The molecule has 0 amide bonds. The Balaban J connectivity index is 1.93. The van der Waals surface area contributed by atoms with Crippen LogP contribution in [0, 0.1) is 0 Å². The van der Waals surface area contributed by atoms with E-state index >= 15 is 0 Å². The van der Waals surface area contributed by atoms with Gasteiger partial charge in [0.2, 0.25) is 0 Å². The van der Waals surface area contributed by atoms with E-state index in [4.69, 9.17) is 0 Å². The number of alkyl halides is 4. The summed E-state index contributed by atoms with van der Waals surface area (Å²) in [5, 5.41) is 0. The molecule has 1 saturated carbocycles. The fourth-order valence-corrected chi connectivity index (χ4v) is 2.83. The first kappa shape index (κ1) is 14.7. The van der Waals surface area contributed by atoms with Crippen molar-refractivity contribution < 1.29 is 13.2 Å². The van der Waals surface area contributed by atoms with Gasteiger partial charge in [-0.1, -0.05) is 34.7 Å². The van der Waals surface area contributed by atoms with E-state index in [2.05, 4.69) is 32.6 Å². The second kappa shape index (κ2) is 5.55. The minimum Gasteiger partial charge on any atom is -0.236 e. The van der Waals surface area contributed by atoms with Gasteiger partial charge >= 0.3 is 6.18 Å². The summed E-state index contributed by atoms with van der Waals surface area (Å²) < 4.78 is 38.4. The summed E-state index contributed by atoms with van der Waals surface area (Å²) in [7, 11) is 0. The molecule has 1 aliphatic carbocycles. The van der Waals surface area contributed by atoms with Crippen molar-refractivity contribution >= 4 is 22.6 Å². The van der Waals surface area contributed by atoms with E-state index < -0.39 is 11.7 Å². The van der Waals surface area contributed by atoms with Gasteiger partial charge in [0, 0.05) is 16.2 Å². The van der Waals surface area contributed by atoms with Crippen LogP contribution in [-0.2, 0) is 10.6 Å². The van der Waals surface area contributed by atoms with Crippen LogP contribution in [0.5, 0.6) is 0 Å². The molecule has 21 heavy (non-hydrogen) atoms. The standard InChI is InChI=1S/C15H12F3IN2/c16-15(17,18)11-5-3-10(4-6-11)14-20-8-12(9-1-2-9)13(7-19)21-14/h3-6,8-9H,1-2,7H2. The number of aromatic nitrogens is 2. The molecule has 1 aromatic carbocycles. The molecule has 0 bridgehead atoms. The van der Waals surface area contributed by atoms with Gasteiger partial charge in [0.05, 0.1) is 11.3 Å². The maximum Gasteiger partial charge on any atom is 0.416 e. The highest BCUT2D eigenvalue weighted by molar-refractivity contribution is 14.1. The first-order chi connectivity index (χ1) is 9.99. The Morgan fingerprint density at radius 2 is 1.81 bits per heavy atom. The van der Waals surface area contributed by atoms with Crippen LogP contribution >= 0.6 is 22.6 Å². The van der Waals surface area contributed by atoms with Gasteiger partial charge in [-0.2, -0.15) is 13.2 Å². The SMILES string of the molecule is FC(F)(F)c1ccc(-c2ncc(C3CC3)c(CI)n2)cc1. The topological polar surface area (TPSA) is 25.8 Å². The van der Waals surface area contributed by atoms with Crippen LogP contribution in [-0.4, -0.2) is 9.97 Å². The minimum atomic E-state index is -4.32. The van der Waals surface area contributed by atoms with Crippen molar-refractivity contribution in [3.05, 3.63) is 47.3 Å². The van der Waals surface area contributed by atoms with Gasteiger partial charge in [-0.3, -0.25) is 0 Å². The lowest BCUT2D eigenvalue weighted by Crippen LogP contribution is -2.04. The molecule has 0 radical (unpaired) electrons. The lowest BCUT2D eigenvalue weighted by Gasteiger charge is -2.09. The zero-order valence-electron chi connectivity index (χ0n) is 11.0. The van der Waals surface area contributed by atoms with Gasteiger partial charge in [0.15, 0.2) is 5.82 Å². The lowest BCUT2D eigenvalue weighted by molar-refractivity contribution is -0.137. The fourth-order valence-electron chi connectivity index (χ4n) is 2.22. The van der Waals surface area contributed by atoms with Crippen LogP contribution in [0.15, 0.2) is 30.5 Å². The minimum absolute atomic E-state index is 0.486. The molecular weight excluding hydrogens is 392 g/mol. The smallest absolute Gasteiger partial charge is 0.236 e. The molecule has 2 aromatic rings. The van der Waals surface area contributed by atoms with E-state index in [9.17, 15) is 13.2 Å². The highest BCUT2D eigenvalue weighted by atomic mass is 127. The third-order valence-electron chi connectivity index (χ3n) is 3.51. The predicted molar refractivity (Wildman–Crippen MR) is 82.2 cm³/mol. The number of halogens is 4. The van der Waals surface area contributed by atoms with Gasteiger partial charge in [-0.25, -0.2) is 9.97 Å². The van der Waals surface area contributed by atoms with Crippen LogP contribution in [0.2, 0.25) is 0 Å². The molecule has 1 heterocycles. The molecular formula is C15H12F3IN2. The molecule has 6 heteroatoms. The summed E-state index contributed by atoms with van der Waals surface area (Å²) in [6, 6.07) is 4.98. The van der Waals surface area contributed by atoms with Crippen LogP contribution in [0.4, 0.5) is 13.2 Å². The summed E-state index contributed by atoms with van der Waals surface area (Å²) in [5.74, 6) is 1.05. The van der Waals surface area contributed by atoms with Crippen molar-refractivity contribution in [3.63, 3.8) is 0 Å². The highest BCUT2D eigenvalue weighted by Crippen LogP contribution is 2.41. The Hall–Kier alpha value is -1.18. The first-order valence-electron chi connectivity index (χ1n) is 6.58. The second-order valence-corrected chi connectivity index (χ2v) is 5.84. The average Bonchev–Trinajstić information content (AvgIpc) is 3.30. The van der Waals surface area contributed by atoms with Crippen LogP contribution in [0.3, 0.4) is 0 Å². The third kappa shape index (κ3) is 3.20. The zero-order chi connectivity index (χ0) is 15.0. The van der Waals surface area contributed by atoms with Crippen molar-refractivity contribution in [2.75, 3.05) is 0 Å². The Bertz CT molecular complexity index is 649. The van der Waals surface area contributed by atoms with E-state index in [1.807, 2.05) is 6.20 Å². The molecule has 0 aliphatic heterocycles. The molecule has 0 saturated heterocycles. The molecule has 1 aromatic heterocycles. The van der Waals surface area contributed by atoms with E-state index in [1.54, 1.807) is 0 Å². The van der Waals surface area contributed by atoms with Crippen LogP contribution < -0.4 is 0 Å². The molecule has 1 fully saturated rings. The Labute approximate surface area is 134 Å². The number of hydrogen-bond donors (Lipinski definition) is 0. The molecule has 0 unspecified atom stereocenters. The van der Waals surface area contributed by atoms with Gasteiger partial charge < -0.3 is 0 Å². The Morgan fingerprint density at radius 3 is 2.33 bits per heavy atom. The lowest BCUT2D eigenvalue weighted by atomic mass is 10.1. The second-order valence-electron chi connectivity index (χ2n) is 5.08.